The van der Waals surface area contributed by atoms with Gasteiger partial charge in [0.2, 0.25) is 0 Å². The number of aromatic nitrogens is 3. The smallest absolute Gasteiger partial charge is 0.278 e. The first-order valence-corrected chi connectivity index (χ1v) is 8.59. The van der Waals surface area contributed by atoms with Crippen molar-refractivity contribution in [2.24, 2.45) is 0 Å². The summed E-state index contributed by atoms with van der Waals surface area (Å²) in [5.74, 6) is 1.30. The summed E-state index contributed by atoms with van der Waals surface area (Å²) in [6.45, 7) is 1.05. The molecule has 0 aliphatic carbocycles. The zero-order chi connectivity index (χ0) is 19.0. The SMILES string of the molecule is COc1ccc(OC)c2c1CN(Cn1nnc3ccccc3c1=O)CC2O. The number of hydrogen-bond acceptors (Lipinski definition) is 7. The van der Waals surface area contributed by atoms with E-state index in [0.717, 1.165) is 11.1 Å². The molecule has 2 heterocycles. The van der Waals surface area contributed by atoms with Gasteiger partial charge in [-0.1, -0.05) is 17.3 Å². The van der Waals surface area contributed by atoms with Gasteiger partial charge in [-0.3, -0.25) is 9.69 Å². The number of hydrogen-bond donors (Lipinski definition) is 1. The van der Waals surface area contributed by atoms with Crippen LogP contribution in [-0.2, 0) is 13.2 Å². The number of aliphatic hydroxyl groups excluding tert-OH is 1. The van der Waals surface area contributed by atoms with Gasteiger partial charge in [0.1, 0.15) is 17.0 Å². The van der Waals surface area contributed by atoms with E-state index in [-0.39, 0.29) is 12.2 Å². The third-order valence-electron chi connectivity index (χ3n) is 4.82. The lowest BCUT2D eigenvalue weighted by molar-refractivity contribution is 0.0655. The Hall–Kier alpha value is -2.97. The van der Waals surface area contributed by atoms with Crippen LogP contribution in [0.15, 0.2) is 41.2 Å². The van der Waals surface area contributed by atoms with Crippen molar-refractivity contribution in [3.05, 3.63) is 57.9 Å². The highest BCUT2D eigenvalue weighted by Gasteiger charge is 2.30. The molecule has 0 amide bonds. The lowest BCUT2D eigenvalue weighted by Gasteiger charge is -2.33. The van der Waals surface area contributed by atoms with Crippen LogP contribution >= 0.6 is 0 Å². The summed E-state index contributed by atoms with van der Waals surface area (Å²) in [6, 6.07) is 10.7. The fourth-order valence-electron chi connectivity index (χ4n) is 3.56. The Balaban J connectivity index is 1.68. The first kappa shape index (κ1) is 17.4. The molecule has 4 rings (SSSR count). The molecule has 1 atom stereocenters. The molecule has 0 fully saturated rings. The molecule has 8 nitrogen and oxygen atoms in total. The summed E-state index contributed by atoms with van der Waals surface area (Å²) in [6.07, 6.45) is -0.761. The largest absolute Gasteiger partial charge is 0.496 e. The topological polar surface area (TPSA) is 89.7 Å². The predicted molar refractivity (Wildman–Crippen MR) is 98.7 cm³/mol. The Bertz CT molecular complexity index is 1050. The van der Waals surface area contributed by atoms with Crippen LogP contribution in [0, 0.1) is 0 Å². The number of aliphatic hydroxyl groups is 1. The van der Waals surface area contributed by atoms with Crippen LogP contribution < -0.4 is 15.0 Å². The Morgan fingerprint density at radius 2 is 1.89 bits per heavy atom. The van der Waals surface area contributed by atoms with Crippen molar-refractivity contribution in [1.29, 1.82) is 0 Å². The van der Waals surface area contributed by atoms with Gasteiger partial charge in [0.25, 0.3) is 5.56 Å². The Morgan fingerprint density at radius 1 is 1.15 bits per heavy atom. The minimum Gasteiger partial charge on any atom is -0.496 e. The highest BCUT2D eigenvalue weighted by molar-refractivity contribution is 5.76. The first-order chi connectivity index (χ1) is 13.1. The first-order valence-electron chi connectivity index (χ1n) is 8.59. The van der Waals surface area contributed by atoms with E-state index in [4.69, 9.17) is 9.47 Å². The van der Waals surface area contributed by atoms with Gasteiger partial charge in [-0.05, 0) is 24.3 Å². The van der Waals surface area contributed by atoms with Crippen molar-refractivity contribution < 1.29 is 14.6 Å². The molecule has 0 saturated heterocycles. The van der Waals surface area contributed by atoms with Gasteiger partial charge < -0.3 is 14.6 Å². The van der Waals surface area contributed by atoms with Crippen molar-refractivity contribution in [3.63, 3.8) is 0 Å². The number of benzene rings is 2. The monoisotopic (exact) mass is 368 g/mol. The molecule has 27 heavy (non-hydrogen) atoms. The van der Waals surface area contributed by atoms with Gasteiger partial charge in [0.15, 0.2) is 0 Å². The minimum absolute atomic E-state index is 0.210. The number of methoxy groups -OCH3 is 2. The van der Waals surface area contributed by atoms with Crippen molar-refractivity contribution in [3.8, 4) is 11.5 Å². The lowest BCUT2D eigenvalue weighted by atomic mass is 9.95. The standard InChI is InChI=1S/C19H20N4O4/c1-26-16-7-8-17(27-2)18-13(16)9-22(10-15(18)24)11-23-19(25)12-5-3-4-6-14(12)20-21-23/h3-8,15,24H,9-11H2,1-2H3. The molecule has 0 radical (unpaired) electrons. The zero-order valence-corrected chi connectivity index (χ0v) is 15.1. The normalized spacial score (nSPS) is 16.9. The molecule has 0 spiro atoms. The summed E-state index contributed by atoms with van der Waals surface area (Å²) >= 11 is 0. The number of nitrogens with zero attached hydrogens (tertiary/aromatic N) is 4. The summed E-state index contributed by atoms with van der Waals surface area (Å²) in [4.78, 5) is 14.6. The fraction of sp³-hybridized carbons (Fsp3) is 0.316. The van der Waals surface area contributed by atoms with Crippen LogP contribution in [0.5, 0.6) is 11.5 Å². The van der Waals surface area contributed by atoms with Gasteiger partial charge in [0, 0.05) is 24.2 Å². The molecule has 0 bridgehead atoms. The van der Waals surface area contributed by atoms with Gasteiger partial charge in [-0.25, -0.2) is 0 Å². The van der Waals surface area contributed by atoms with E-state index in [1.807, 2.05) is 17.0 Å². The maximum Gasteiger partial charge on any atom is 0.278 e. The van der Waals surface area contributed by atoms with Crippen LogP contribution in [0.2, 0.25) is 0 Å². The van der Waals surface area contributed by atoms with Crippen LogP contribution in [0.3, 0.4) is 0 Å². The van der Waals surface area contributed by atoms with E-state index >= 15 is 0 Å². The average Bonchev–Trinajstić information content (AvgIpc) is 2.69. The zero-order valence-electron chi connectivity index (χ0n) is 15.1. The average molecular weight is 368 g/mol. The summed E-state index contributed by atoms with van der Waals surface area (Å²) in [5.41, 5.74) is 1.93. The number of β-amino-alcohol motifs (C(OH)–C–C–N with tert-alkyl or cyclic N) is 1. The van der Waals surface area contributed by atoms with Crippen LogP contribution in [-0.4, -0.2) is 45.8 Å². The molecule has 1 aliphatic rings. The quantitative estimate of drug-likeness (QED) is 0.743. The van der Waals surface area contributed by atoms with Crippen LogP contribution in [0.4, 0.5) is 0 Å². The van der Waals surface area contributed by atoms with Gasteiger partial charge in [-0.15, -0.1) is 5.10 Å². The maximum atomic E-state index is 12.7. The third kappa shape index (κ3) is 3.02. The number of rotatable bonds is 4. The Morgan fingerprint density at radius 3 is 2.67 bits per heavy atom. The summed E-state index contributed by atoms with van der Waals surface area (Å²) in [5, 5.41) is 19.3. The predicted octanol–water partition coefficient (Wildman–Crippen LogP) is 1.32. The summed E-state index contributed by atoms with van der Waals surface area (Å²) < 4.78 is 12.2. The molecule has 3 aromatic rings. The van der Waals surface area contributed by atoms with Gasteiger partial charge in [-0.2, -0.15) is 4.68 Å². The molecule has 140 valence electrons. The van der Waals surface area contributed by atoms with Crippen molar-refractivity contribution >= 4 is 10.9 Å². The molecular formula is C19H20N4O4. The molecular weight excluding hydrogens is 348 g/mol. The second-order valence-corrected chi connectivity index (χ2v) is 6.44. The maximum absolute atomic E-state index is 12.7. The molecule has 1 unspecified atom stereocenters. The molecule has 1 aromatic heterocycles. The Labute approximate surface area is 155 Å². The molecule has 2 aromatic carbocycles. The summed E-state index contributed by atoms with van der Waals surface area (Å²) in [7, 11) is 3.16. The molecule has 0 saturated carbocycles. The van der Waals surface area contributed by atoms with Crippen LogP contribution in [0.1, 0.15) is 17.2 Å². The highest BCUT2D eigenvalue weighted by Crippen LogP contribution is 2.39. The van der Waals surface area contributed by atoms with E-state index in [0.29, 0.717) is 35.5 Å². The Kier molecular flexibility index (Phi) is 4.51. The second-order valence-electron chi connectivity index (χ2n) is 6.44. The highest BCUT2D eigenvalue weighted by atomic mass is 16.5. The van der Waals surface area contributed by atoms with Crippen molar-refractivity contribution in [2.45, 2.75) is 19.3 Å². The van der Waals surface area contributed by atoms with E-state index in [2.05, 4.69) is 10.3 Å². The fourth-order valence-corrected chi connectivity index (χ4v) is 3.56. The second kappa shape index (κ2) is 6.98. The molecule has 8 heteroatoms. The number of fused-ring (bicyclic) bond motifs is 2. The molecule has 1 aliphatic heterocycles. The van der Waals surface area contributed by atoms with E-state index in [1.54, 1.807) is 38.5 Å². The van der Waals surface area contributed by atoms with Crippen molar-refractivity contribution in [2.75, 3.05) is 20.8 Å². The lowest BCUT2D eigenvalue weighted by Crippen LogP contribution is -2.39. The van der Waals surface area contributed by atoms with E-state index in [9.17, 15) is 9.90 Å². The van der Waals surface area contributed by atoms with Crippen molar-refractivity contribution in [1.82, 2.24) is 19.9 Å². The third-order valence-corrected chi connectivity index (χ3v) is 4.82. The van der Waals surface area contributed by atoms with Crippen LogP contribution in [0.25, 0.3) is 10.9 Å². The van der Waals surface area contributed by atoms with E-state index < -0.39 is 6.10 Å². The minimum atomic E-state index is -0.761. The van der Waals surface area contributed by atoms with E-state index in [1.165, 1.54) is 4.68 Å². The van der Waals surface area contributed by atoms with Gasteiger partial charge in [0.05, 0.1) is 32.4 Å². The van der Waals surface area contributed by atoms with Gasteiger partial charge >= 0.3 is 0 Å². The number of ether oxygens (including phenoxy) is 2. The molecule has 1 N–H and O–H groups in total.